The van der Waals surface area contributed by atoms with E-state index in [1.165, 1.54) is 24.1 Å². The molecule has 4 heteroatoms. The van der Waals surface area contributed by atoms with Crippen molar-refractivity contribution in [3.8, 4) is 5.75 Å². The summed E-state index contributed by atoms with van der Waals surface area (Å²) in [4.78, 5) is 2.40. The number of nitrogens with zero attached hydrogens (tertiary/aromatic N) is 1. The van der Waals surface area contributed by atoms with E-state index in [1.807, 2.05) is 6.92 Å². The van der Waals surface area contributed by atoms with Gasteiger partial charge in [-0.25, -0.2) is 0 Å². The number of benzene rings is 1. The molecule has 1 N–H and O–H groups in total. The Morgan fingerprint density at radius 2 is 2.00 bits per heavy atom. The van der Waals surface area contributed by atoms with Crippen LogP contribution in [0.4, 0.5) is 5.69 Å². The first-order chi connectivity index (χ1) is 10.8. The van der Waals surface area contributed by atoms with Crippen LogP contribution in [0.2, 0.25) is 0 Å². The maximum Gasteiger partial charge on any atom is 0.142 e. The van der Waals surface area contributed by atoms with E-state index in [1.54, 1.807) is 7.11 Å². The van der Waals surface area contributed by atoms with Gasteiger partial charge in [0.25, 0.3) is 0 Å². The molecule has 0 aliphatic carbocycles. The minimum atomic E-state index is 0.693. The Kier molecular flexibility index (Phi) is 9.67. The fourth-order valence-electron chi connectivity index (χ4n) is 2.41. The van der Waals surface area contributed by atoms with Crippen molar-refractivity contribution >= 4 is 5.69 Å². The number of hydrogen-bond acceptors (Lipinski definition) is 4. The zero-order chi connectivity index (χ0) is 16.2. The molecular weight excluding hydrogens is 276 g/mol. The summed E-state index contributed by atoms with van der Waals surface area (Å²) >= 11 is 0. The van der Waals surface area contributed by atoms with Crippen molar-refractivity contribution in [2.45, 2.75) is 40.2 Å². The molecule has 0 saturated heterocycles. The van der Waals surface area contributed by atoms with Crippen LogP contribution < -0.4 is 15.0 Å². The second kappa shape index (κ2) is 11.3. The molecule has 0 bridgehead atoms. The summed E-state index contributed by atoms with van der Waals surface area (Å²) in [5.41, 5.74) is 2.45. The van der Waals surface area contributed by atoms with Crippen LogP contribution in [0.1, 0.15) is 39.2 Å². The van der Waals surface area contributed by atoms with E-state index < -0.39 is 0 Å². The lowest BCUT2D eigenvalue weighted by Gasteiger charge is -2.26. The van der Waals surface area contributed by atoms with E-state index >= 15 is 0 Å². The Balaban J connectivity index is 2.79. The summed E-state index contributed by atoms with van der Waals surface area (Å²) in [7, 11) is 1.72. The van der Waals surface area contributed by atoms with E-state index in [9.17, 15) is 0 Å². The average molecular weight is 308 g/mol. The van der Waals surface area contributed by atoms with Gasteiger partial charge >= 0.3 is 0 Å². The standard InChI is InChI=1S/C18H32N2O2/c1-5-8-12-20(6-2)17-10-9-16(14-18(17)22-7-3)15-19-11-13-21-4/h9-10,14,19H,5-8,11-13,15H2,1-4H3. The molecule has 0 fully saturated rings. The monoisotopic (exact) mass is 308 g/mol. The van der Waals surface area contributed by atoms with Gasteiger partial charge in [-0.05, 0) is 38.0 Å². The van der Waals surface area contributed by atoms with E-state index in [0.717, 1.165) is 38.5 Å². The molecule has 0 radical (unpaired) electrons. The van der Waals surface area contributed by atoms with Crippen LogP contribution in [-0.2, 0) is 11.3 Å². The normalized spacial score (nSPS) is 10.7. The van der Waals surface area contributed by atoms with E-state index in [2.05, 4.69) is 42.3 Å². The largest absolute Gasteiger partial charge is 0.492 e. The molecule has 22 heavy (non-hydrogen) atoms. The number of methoxy groups -OCH3 is 1. The minimum absolute atomic E-state index is 0.693. The van der Waals surface area contributed by atoms with Crippen LogP contribution in [0.25, 0.3) is 0 Å². The van der Waals surface area contributed by atoms with Crippen LogP contribution in [0.3, 0.4) is 0 Å². The van der Waals surface area contributed by atoms with Crippen molar-refractivity contribution in [2.24, 2.45) is 0 Å². The second-order valence-electron chi connectivity index (χ2n) is 5.34. The van der Waals surface area contributed by atoms with E-state index in [-0.39, 0.29) is 0 Å². The third-order valence-electron chi connectivity index (χ3n) is 3.64. The Bertz CT molecular complexity index is 410. The Morgan fingerprint density at radius 3 is 2.64 bits per heavy atom. The number of hydrogen-bond donors (Lipinski definition) is 1. The van der Waals surface area contributed by atoms with Crippen molar-refractivity contribution in [3.63, 3.8) is 0 Å². The molecule has 0 spiro atoms. The van der Waals surface area contributed by atoms with Gasteiger partial charge in [-0.3, -0.25) is 0 Å². The molecule has 0 aliphatic rings. The van der Waals surface area contributed by atoms with Crippen molar-refractivity contribution in [3.05, 3.63) is 23.8 Å². The molecule has 0 saturated carbocycles. The lowest BCUT2D eigenvalue weighted by molar-refractivity contribution is 0.199. The van der Waals surface area contributed by atoms with Crippen molar-refractivity contribution in [2.75, 3.05) is 44.9 Å². The lowest BCUT2D eigenvalue weighted by Crippen LogP contribution is -2.24. The molecule has 4 nitrogen and oxygen atoms in total. The fraction of sp³-hybridized carbons (Fsp3) is 0.667. The summed E-state index contributed by atoms with van der Waals surface area (Å²) < 4.78 is 10.9. The maximum absolute atomic E-state index is 5.87. The highest BCUT2D eigenvalue weighted by Gasteiger charge is 2.11. The number of ether oxygens (including phenoxy) is 2. The Hall–Kier alpha value is -1.26. The topological polar surface area (TPSA) is 33.7 Å². The van der Waals surface area contributed by atoms with Gasteiger partial charge in [0.05, 0.1) is 18.9 Å². The van der Waals surface area contributed by atoms with Gasteiger partial charge in [0, 0.05) is 33.3 Å². The van der Waals surface area contributed by atoms with Gasteiger partial charge in [-0.1, -0.05) is 19.4 Å². The number of nitrogens with one attached hydrogen (secondary N) is 1. The fourth-order valence-corrected chi connectivity index (χ4v) is 2.41. The third-order valence-corrected chi connectivity index (χ3v) is 3.64. The quantitative estimate of drug-likeness (QED) is 0.600. The zero-order valence-corrected chi connectivity index (χ0v) is 14.7. The summed E-state index contributed by atoms with van der Waals surface area (Å²) in [5, 5.41) is 3.37. The third kappa shape index (κ3) is 6.24. The highest BCUT2D eigenvalue weighted by Crippen LogP contribution is 2.30. The lowest BCUT2D eigenvalue weighted by atomic mass is 10.1. The van der Waals surface area contributed by atoms with Gasteiger partial charge in [0.15, 0.2) is 0 Å². The molecule has 0 heterocycles. The molecule has 1 aromatic rings. The first-order valence-electron chi connectivity index (χ1n) is 8.47. The van der Waals surface area contributed by atoms with Crippen LogP contribution in [-0.4, -0.2) is 40.0 Å². The van der Waals surface area contributed by atoms with Crippen molar-refractivity contribution in [1.82, 2.24) is 5.32 Å². The molecule has 126 valence electrons. The molecule has 1 aromatic carbocycles. The number of anilines is 1. The van der Waals surface area contributed by atoms with E-state index in [4.69, 9.17) is 9.47 Å². The zero-order valence-electron chi connectivity index (χ0n) is 14.7. The molecule has 0 aromatic heterocycles. The second-order valence-corrected chi connectivity index (χ2v) is 5.34. The minimum Gasteiger partial charge on any atom is -0.492 e. The van der Waals surface area contributed by atoms with Crippen molar-refractivity contribution in [1.29, 1.82) is 0 Å². The van der Waals surface area contributed by atoms with Gasteiger partial charge in [0.2, 0.25) is 0 Å². The SMILES string of the molecule is CCCCN(CC)c1ccc(CNCCOC)cc1OCC. The van der Waals surface area contributed by atoms with Crippen LogP contribution in [0.5, 0.6) is 5.75 Å². The molecule has 0 amide bonds. The first kappa shape index (κ1) is 18.8. The molecular formula is C18H32N2O2. The average Bonchev–Trinajstić information content (AvgIpc) is 2.54. The summed E-state index contributed by atoms with van der Waals surface area (Å²) in [6.07, 6.45) is 2.42. The smallest absolute Gasteiger partial charge is 0.142 e. The van der Waals surface area contributed by atoms with Gasteiger partial charge in [0.1, 0.15) is 5.75 Å². The summed E-state index contributed by atoms with van der Waals surface area (Å²) in [6.45, 7) is 11.7. The Labute approximate surface area is 135 Å². The van der Waals surface area contributed by atoms with Crippen LogP contribution >= 0.6 is 0 Å². The van der Waals surface area contributed by atoms with Crippen LogP contribution in [0.15, 0.2) is 18.2 Å². The molecule has 1 rings (SSSR count). The van der Waals surface area contributed by atoms with Gasteiger partial charge in [-0.15, -0.1) is 0 Å². The van der Waals surface area contributed by atoms with Crippen LogP contribution in [0, 0.1) is 0 Å². The van der Waals surface area contributed by atoms with Gasteiger partial charge < -0.3 is 19.7 Å². The highest BCUT2D eigenvalue weighted by molar-refractivity contribution is 5.59. The maximum atomic E-state index is 5.87. The number of rotatable bonds is 12. The summed E-state index contributed by atoms with van der Waals surface area (Å²) in [5.74, 6) is 0.992. The Morgan fingerprint density at radius 1 is 1.18 bits per heavy atom. The molecule has 0 aliphatic heterocycles. The van der Waals surface area contributed by atoms with Gasteiger partial charge in [-0.2, -0.15) is 0 Å². The summed E-state index contributed by atoms with van der Waals surface area (Å²) in [6, 6.07) is 6.54. The van der Waals surface area contributed by atoms with Crippen molar-refractivity contribution < 1.29 is 9.47 Å². The molecule has 0 atom stereocenters. The molecule has 0 unspecified atom stereocenters. The predicted molar refractivity (Wildman–Crippen MR) is 94.0 cm³/mol. The van der Waals surface area contributed by atoms with E-state index in [0.29, 0.717) is 6.61 Å². The first-order valence-corrected chi connectivity index (χ1v) is 8.47. The number of unbranched alkanes of at least 4 members (excludes halogenated alkanes) is 1. The predicted octanol–water partition coefficient (Wildman–Crippen LogP) is 3.45. The highest BCUT2D eigenvalue weighted by atomic mass is 16.5.